The van der Waals surface area contributed by atoms with Crippen molar-refractivity contribution >= 4 is 17.7 Å². The Labute approximate surface area is 158 Å². The summed E-state index contributed by atoms with van der Waals surface area (Å²) in [5, 5.41) is 3.11. The van der Waals surface area contributed by atoms with E-state index < -0.39 is 0 Å². The van der Waals surface area contributed by atoms with E-state index in [1.165, 1.54) is 4.90 Å². The van der Waals surface area contributed by atoms with E-state index in [9.17, 15) is 4.79 Å². The summed E-state index contributed by atoms with van der Waals surface area (Å²) in [4.78, 5) is 17.9. The molecule has 1 N–H and O–H groups in total. The summed E-state index contributed by atoms with van der Waals surface area (Å²) >= 11 is 1.69. The highest BCUT2D eigenvalue weighted by Crippen LogP contribution is 2.16. The van der Waals surface area contributed by atoms with Gasteiger partial charge in [0.05, 0.1) is 31.4 Å². The van der Waals surface area contributed by atoms with E-state index in [1.54, 1.807) is 18.0 Å². The molecule has 1 amide bonds. The molecule has 1 saturated heterocycles. The van der Waals surface area contributed by atoms with Gasteiger partial charge in [-0.05, 0) is 42.5 Å². The Morgan fingerprint density at radius 1 is 1.31 bits per heavy atom. The summed E-state index contributed by atoms with van der Waals surface area (Å²) in [7, 11) is 0. The van der Waals surface area contributed by atoms with Gasteiger partial charge in [0, 0.05) is 17.7 Å². The van der Waals surface area contributed by atoms with Crippen LogP contribution < -0.4 is 5.32 Å². The molecule has 0 saturated carbocycles. The predicted molar refractivity (Wildman–Crippen MR) is 102 cm³/mol. The van der Waals surface area contributed by atoms with Crippen molar-refractivity contribution in [2.45, 2.75) is 36.5 Å². The monoisotopic (exact) mass is 372 g/mol. The van der Waals surface area contributed by atoms with Gasteiger partial charge < -0.3 is 14.8 Å². The molecule has 2 aromatic rings. The molecule has 1 aromatic heterocycles. The minimum atomic E-state index is -0.159. The first kappa shape index (κ1) is 18.9. The molecule has 3 rings (SSSR count). The second-order valence-corrected chi connectivity index (χ2v) is 7.11. The maximum absolute atomic E-state index is 12.4. The van der Waals surface area contributed by atoms with Crippen LogP contribution in [0.15, 0.2) is 53.6 Å². The van der Waals surface area contributed by atoms with Crippen LogP contribution in [0.25, 0.3) is 0 Å². The molecule has 1 aromatic carbocycles. The van der Waals surface area contributed by atoms with Crippen molar-refractivity contribution in [1.82, 2.24) is 10.3 Å². The topological polar surface area (TPSA) is 60.5 Å². The molecular weight excluding hydrogens is 348 g/mol. The van der Waals surface area contributed by atoms with Gasteiger partial charge in [0.25, 0.3) is 0 Å². The zero-order valence-electron chi connectivity index (χ0n) is 14.9. The fourth-order valence-electron chi connectivity index (χ4n) is 2.90. The maximum atomic E-state index is 12.4. The van der Waals surface area contributed by atoms with Crippen molar-refractivity contribution in [3.63, 3.8) is 0 Å². The van der Waals surface area contributed by atoms with Crippen molar-refractivity contribution in [3.05, 3.63) is 59.9 Å². The summed E-state index contributed by atoms with van der Waals surface area (Å²) in [6.07, 6.45) is 4.76. The predicted octanol–water partition coefficient (Wildman–Crippen LogP) is 2.84. The SMILES string of the molecule is CSc1ccc(CC(=O)N[C@@H]2CCOC[C@H]2OCc2ccccn2)cc1. The number of aromatic nitrogens is 1. The minimum Gasteiger partial charge on any atom is -0.379 e. The Morgan fingerprint density at radius 2 is 2.15 bits per heavy atom. The Kier molecular flexibility index (Phi) is 7.05. The number of thioether (sulfide) groups is 1. The van der Waals surface area contributed by atoms with Crippen LogP contribution in [0.1, 0.15) is 17.7 Å². The molecule has 2 atom stereocenters. The van der Waals surface area contributed by atoms with E-state index in [2.05, 4.69) is 10.3 Å². The van der Waals surface area contributed by atoms with Gasteiger partial charge in [-0.25, -0.2) is 0 Å². The lowest BCUT2D eigenvalue weighted by Crippen LogP contribution is -2.50. The molecule has 1 aliphatic rings. The van der Waals surface area contributed by atoms with E-state index in [1.807, 2.05) is 48.7 Å². The third-order valence-electron chi connectivity index (χ3n) is 4.35. The van der Waals surface area contributed by atoms with Crippen molar-refractivity contribution < 1.29 is 14.3 Å². The Balaban J connectivity index is 1.52. The lowest BCUT2D eigenvalue weighted by Gasteiger charge is -2.32. The van der Waals surface area contributed by atoms with Crippen LogP contribution in [0.4, 0.5) is 0 Å². The van der Waals surface area contributed by atoms with Crippen LogP contribution >= 0.6 is 11.8 Å². The molecule has 0 unspecified atom stereocenters. The number of nitrogens with one attached hydrogen (secondary N) is 1. The van der Waals surface area contributed by atoms with Crippen molar-refractivity contribution in [1.29, 1.82) is 0 Å². The van der Waals surface area contributed by atoms with Gasteiger partial charge in [-0.3, -0.25) is 9.78 Å². The quantitative estimate of drug-likeness (QED) is 0.758. The number of rotatable bonds is 7. The minimum absolute atomic E-state index is 0.0141. The molecule has 1 fully saturated rings. The number of amides is 1. The van der Waals surface area contributed by atoms with Crippen LogP contribution in [-0.4, -0.2) is 42.5 Å². The first-order valence-corrected chi connectivity index (χ1v) is 9.98. The lowest BCUT2D eigenvalue weighted by atomic mass is 10.0. The second kappa shape index (κ2) is 9.71. The second-order valence-electron chi connectivity index (χ2n) is 6.23. The summed E-state index contributed by atoms with van der Waals surface area (Å²) in [6, 6.07) is 13.8. The zero-order valence-corrected chi connectivity index (χ0v) is 15.7. The van der Waals surface area contributed by atoms with Crippen LogP contribution in [0.5, 0.6) is 0 Å². The third-order valence-corrected chi connectivity index (χ3v) is 5.09. The third kappa shape index (κ3) is 5.56. The summed E-state index contributed by atoms with van der Waals surface area (Å²) in [5.74, 6) is 0.0141. The molecule has 5 nitrogen and oxygen atoms in total. The first-order chi connectivity index (χ1) is 12.7. The van der Waals surface area contributed by atoms with Crippen LogP contribution in [-0.2, 0) is 27.3 Å². The number of pyridine rings is 1. The molecule has 138 valence electrons. The zero-order chi connectivity index (χ0) is 18.2. The molecule has 0 spiro atoms. The molecule has 0 radical (unpaired) electrons. The summed E-state index contributed by atoms with van der Waals surface area (Å²) < 4.78 is 11.5. The van der Waals surface area contributed by atoms with E-state index in [4.69, 9.17) is 9.47 Å². The van der Waals surface area contributed by atoms with Crippen LogP contribution in [0, 0.1) is 0 Å². The summed E-state index contributed by atoms with van der Waals surface area (Å²) in [5.41, 5.74) is 1.88. The molecule has 0 bridgehead atoms. The molecule has 26 heavy (non-hydrogen) atoms. The number of ether oxygens (including phenoxy) is 2. The average Bonchev–Trinajstić information content (AvgIpc) is 2.68. The number of benzene rings is 1. The van der Waals surface area contributed by atoms with Crippen molar-refractivity contribution in [2.24, 2.45) is 0 Å². The molecule has 0 aliphatic carbocycles. The normalized spacial score (nSPS) is 19.9. The van der Waals surface area contributed by atoms with Crippen molar-refractivity contribution in [2.75, 3.05) is 19.5 Å². The fraction of sp³-hybridized carbons (Fsp3) is 0.400. The highest BCUT2D eigenvalue weighted by molar-refractivity contribution is 7.98. The number of hydrogen-bond donors (Lipinski definition) is 1. The lowest BCUT2D eigenvalue weighted by molar-refractivity contribution is -0.126. The highest BCUT2D eigenvalue weighted by Gasteiger charge is 2.28. The van der Waals surface area contributed by atoms with Gasteiger partial charge in [0.1, 0.15) is 6.10 Å². The van der Waals surface area contributed by atoms with Crippen LogP contribution in [0.2, 0.25) is 0 Å². The smallest absolute Gasteiger partial charge is 0.224 e. The Bertz CT molecular complexity index is 694. The van der Waals surface area contributed by atoms with E-state index >= 15 is 0 Å². The van der Waals surface area contributed by atoms with E-state index in [-0.39, 0.29) is 18.1 Å². The largest absolute Gasteiger partial charge is 0.379 e. The first-order valence-electron chi connectivity index (χ1n) is 8.76. The number of nitrogens with zero attached hydrogens (tertiary/aromatic N) is 1. The van der Waals surface area contributed by atoms with Crippen molar-refractivity contribution in [3.8, 4) is 0 Å². The highest BCUT2D eigenvalue weighted by atomic mass is 32.2. The number of hydrogen-bond acceptors (Lipinski definition) is 5. The van der Waals surface area contributed by atoms with Gasteiger partial charge in [0.15, 0.2) is 0 Å². The van der Waals surface area contributed by atoms with E-state index in [0.29, 0.717) is 26.2 Å². The molecule has 2 heterocycles. The van der Waals surface area contributed by atoms with Gasteiger partial charge >= 0.3 is 0 Å². The summed E-state index contributed by atoms with van der Waals surface area (Å²) in [6.45, 7) is 1.54. The molecule has 1 aliphatic heterocycles. The average molecular weight is 372 g/mol. The standard InChI is InChI=1S/C20H24N2O3S/c1-26-17-7-5-15(6-8-17)12-20(23)22-18-9-11-24-14-19(18)25-13-16-4-2-3-10-21-16/h2-8,10,18-19H,9,11-14H2,1H3,(H,22,23)/t18-,19-/m1/s1. The number of carbonyl (C=O) groups excluding carboxylic acids is 1. The number of carbonyl (C=O) groups is 1. The van der Waals surface area contributed by atoms with Gasteiger partial charge in [-0.2, -0.15) is 0 Å². The maximum Gasteiger partial charge on any atom is 0.224 e. The molecular formula is C20H24N2O3S. The Morgan fingerprint density at radius 3 is 2.88 bits per heavy atom. The van der Waals surface area contributed by atoms with Gasteiger partial charge in [-0.15, -0.1) is 11.8 Å². The fourth-order valence-corrected chi connectivity index (χ4v) is 3.31. The van der Waals surface area contributed by atoms with Gasteiger partial charge in [0.2, 0.25) is 5.91 Å². The van der Waals surface area contributed by atoms with Gasteiger partial charge in [-0.1, -0.05) is 18.2 Å². The van der Waals surface area contributed by atoms with Crippen LogP contribution in [0.3, 0.4) is 0 Å². The Hall–Kier alpha value is -1.89. The molecule has 6 heteroatoms. The van der Waals surface area contributed by atoms with E-state index in [0.717, 1.165) is 17.7 Å².